The molecule has 1 aliphatic heterocycles. The van der Waals surface area contributed by atoms with Crippen molar-refractivity contribution in [3.8, 4) is 0 Å². The molecule has 2 aliphatic rings. The van der Waals surface area contributed by atoms with Gasteiger partial charge < -0.3 is 10.1 Å². The monoisotopic (exact) mass is 414 g/mol. The van der Waals surface area contributed by atoms with Gasteiger partial charge in [-0.3, -0.25) is 9.59 Å². The van der Waals surface area contributed by atoms with Crippen molar-refractivity contribution in [1.29, 1.82) is 0 Å². The summed E-state index contributed by atoms with van der Waals surface area (Å²) >= 11 is 1.19. The van der Waals surface area contributed by atoms with Gasteiger partial charge in [0.1, 0.15) is 4.21 Å². The minimum atomic E-state index is -3.47. The van der Waals surface area contributed by atoms with Crippen molar-refractivity contribution in [3.05, 3.63) is 17.5 Å². The van der Waals surface area contributed by atoms with E-state index in [1.807, 2.05) is 0 Å². The summed E-state index contributed by atoms with van der Waals surface area (Å²) in [4.78, 5) is 24.2. The minimum absolute atomic E-state index is 0.190. The molecule has 1 saturated carbocycles. The van der Waals surface area contributed by atoms with E-state index in [4.69, 9.17) is 4.74 Å². The number of carbonyl (C=O) groups excluding carboxylic acids is 2. The van der Waals surface area contributed by atoms with Gasteiger partial charge in [0.05, 0.1) is 5.92 Å². The van der Waals surface area contributed by atoms with Crippen LogP contribution in [-0.2, 0) is 24.3 Å². The lowest BCUT2D eigenvalue weighted by Crippen LogP contribution is -2.42. The number of rotatable bonds is 6. The first-order chi connectivity index (χ1) is 13.0. The molecule has 3 rings (SSSR count). The Morgan fingerprint density at radius 2 is 1.85 bits per heavy atom. The standard InChI is InChI=1S/C18H26N2O5S2/c21-16(19-15-5-2-1-3-6-15)13-25-18(22)14-8-10-20(11-9-14)27(23,24)17-7-4-12-26-17/h4,7,12,14-15H,1-3,5-6,8-11,13H2,(H,19,21). The predicted molar refractivity (Wildman–Crippen MR) is 102 cm³/mol. The summed E-state index contributed by atoms with van der Waals surface area (Å²) in [7, 11) is -3.47. The summed E-state index contributed by atoms with van der Waals surface area (Å²) in [5.41, 5.74) is 0. The van der Waals surface area contributed by atoms with Crippen LogP contribution in [0.4, 0.5) is 0 Å². The molecule has 2 fully saturated rings. The molecule has 27 heavy (non-hydrogen) atoms. The SMILES string of the molecule is O=C(COC(=O)C1CCN(S(=O)(=O)c2cccs2)CC1)NC1CCCCC1. The van der Waals surface area contributed by atoms with Crippen molar-refractivity contribution >= 4 is 33.2 Å². The van der Waals surface area contributed by atoms with Gasteiger partial charge in [0, 0.05) is 19.1 Å². The van der Waals surface area contributed by atoms with Crippen LogP contribution < -0.4 is 5.32 Å². The summed E-state index contributed by atoms with van der Waals surface area (Å²) < 4.78 is 31.9. The number of esters is 1. The normalized spacial score (nSPS) is 20.3. The van der Waals surface area contributed by atoms with Gasteiger partial charge in [-0.1, -0.05) is 25.3 Å². The summed E-state index contributed by atoms with van der Waals surface area (Å²) in [5.74, 6) is -1.03. The van der Waals surface area contributed by atoms with E-state index >= 15 is 0 Å². The molecule has 1 aromatic rings. The molecule has 2 heterocycles. The molecule has 0 radical (unpaired) electrons. The number of nitrogens with one attached hydrogen (secondary N) is 1. The van der Waals surface area contributed by atoms with Gasteiger partial charge in [0.15, 0.2) is 6.61 Å². The van der Waals surface area contributed by atoms with Crippen LogP contribution in [0.15, 0.2) is 21.7 Å². The highest BCUT2D eigenvalue weighted by molar-refractivity contribution is 7.91. The molecule has 1 amide bonds. The number of sulfonamides is 1. The number of amides is 1. The zero-order valence-corrected chi connectivity index (χ0v) is 16.9. The maximum atomic E-state index is 12.5. The van der Waals surface area contributed by atoms with Gasteiger partial charge in [0.25, 0.3) is 15.9 Å². The molecule has 0 atom stereocenters. The van der Waals surface area contributed by atoms with E-state index in [1.54, 1.807) is 17.5 Å². The van der Waals surface area contributed by atoms with Crippen LogP contribution in [0.1, 0.15) is 44.9 Å². The topological polar surface area (TPSA) is 92.8 Å². The predicted octanol–water partition coefficient (Wildman–Crippen LogP) is 2.14. The third-order valence-electron chi connectivity index (χ3n) is 5.19. The van der Waals surface area contributed by atoms with Crippen LogP contribution in [0.2, 0.25) is 0 Å². The van der Waals surface area contributed by atoms with Crippen molar-refractivity contribution in [3.63, 3.8) is 0 Å². The molecular formula is C18H26N2O5S2. The van der Waals surface area contributed by atoms with Crippen LogP contribution in [-0.4, -0.2) is 50.3 Å². The lowest BCUT2D eigenvalue weighted by molar-refractivity contribution is -0.153. The minimum Gasteiger partial charge on any atom is -0.455 e. The van der Waals surface area contributed by atoms with Crippen molar-refractivity contribution in [2.24, 2.45) is 5.92 Å². The number of thiophene rings is 1. The molecule has 9 heteroatoms. The van der Waals surface area contributed by atoms with Gasteiger partial charge in [-0.05, 0) is 37.1 Å². The van der Waals surface area contributed by atoms with Crippen LogP contribution >= 0.6 is 11.3 Å². The fraction of sp³-hybridized carbons (Fsp3) is 0.667. The van der Waals surface area contributed by atoms with E-state index < -0.39 is 16.0 Å². The highest BCUT2D eigenvalue weighted by Gasteiger charge is 2.33. The van der Waals surface area contributed by atoms with E-state index in [0.717, 1.165) is 25.7 Å². The Bertz CT molecular complexity index is 734. The number of hydrogen-bond acceptors (Lipinski definition) is 6. The van der Waals surface area contributed by atoms with Crippen LogP contribution in [0, 0.1) is 5.92 Å². The van der Waals surface area contributed by atoms with Crippen molar-refractivity contribution in [2.45, 2.75) is 55.2 Å². The average Bonchev–Trinajstić information content (AvgIpc) is 3.23. The third-order valence-corrected chi connectivity index (χ3v) is 8.46. The van der Waals surface area contributed by atoms with Crippen molar-refractivity contribution in [1.82, 2.24) is 9.62 Å². The zero-order valence-electron chi connectivity index (χ0n) is 15.3. The molecule has 0 aromatic carbocycles. The summed E-state index contributed by atoms with van der Waals surface area (Å²) in [6.07, 6.45) is 6.24. The van der Waals surface area contributed by atoms with Crippen molar-refractivity contribution < 1.29 is 22.7 Å². The van der Waals surface area contributed by atoms with Gasteiger partial charge in [-0.15, -0.1) is 11.3 Å². The molecule has 1 N–H and O–H groups in total. The van der Waals surface area contributed by atoms with Crippen LogP contribution in [0.3, 0.4) is 0 Å². The smallest absolute Gasteiger partial charge is 0.309 e. The molecule has 0 spiro atoms. The molecule has 1 saturated heterocycles. The molecule has 1 aliphatic carbocycles. The second-order valence-electron chi connectivity index (χ2n) is 7.12. The summed E-state index contributed by atoms with van der Waals surface area (Å²) in [5, 5.41) is 4.65. The van der Waals surface area contributed by atoms with Gasteiger partial charge in [0.2, 0.25) is 0 Å². The van der Waals surface area contributed by atoms with E-state index in [1.165, 1.54) is 22.1 Å². The Morgan fingerprint density at radius 1 is 1.15 bits per heavy atom. The Hall–Kier alpha value is -1.45. The Morgan fingerprint density at radius 3 is 2.48 bits per heavy atom. The first-order valence-electron chi connectivity index (χ1n) is 9.46. The Labute approximate surface area is 164 Å². The highest BCUT2D eigenvalue weighted by Crippen LogP contribution is 2.26. The number of hydrogen-bond donors (Lipinski definition) is 1. The molecule has 1 aromatic heterocycles. The summed E-state index contributed by atoms with van der Waals surface area (Å²) in [6.45, 7) is 0.311. The maximum absolute atomic E-state index is 12.5. The fourth-order valence-corrected chi connectivity index (χ4v) is 6.25. The summed E-state index contributed by atoms with van der Waals surface area (Å²) in [6, 6.07) is 3.49. The zero-order chi connectivity index (χ0) is 19.3. The molecule has 7 nitrogen and oxygen atoms in total. The fourth-order valence-electron chi connectivity index (χ4n) is 3.64. The molecule has 0 bridgehead atoms. The first kappa shape index (κ1) is 20.3. The number of nitrogens with zero attached hydrogens (tertiary/aromatic N) is 1. The van der Waals surface area contributed by atoms with Gasteiger partial charge in [-0.2, -0.15) is 4.31 Å². The quantitative estimate of drug-likeness (QED) is 0.720. The maximum Gasteiger partial charge on any atom is 0.309 e. The highest BCUT2D eigenvalue weighted by atomic mass is 32.2. The Balaban J connectivity index is 1.41. The first-order valence-corrected chi connectivity index (χ1v) is 11.8. The number of carbonyl (C=O) groups is 2. The van der Waals surface area contributed by atoms with E-state index in [9.17, 15) is 18.0 Å². The van der Waals surface area contributed by atoms with Crippen LogP contribution in [0.5, 0.6) is 0 Å². The second-order valence-corrected chi connectivity index (χ2v) is 10.2. The lowest BCUT2D eigenvalue weighted by atomic mass is 9.95. The largest absolute Gasteiger partial charge is 0.455 e. The van der Waals surface area contributed by atoms with Gasteiger partial charge in [-0.25, -0.2) is 8.42 Å². The second kappa shape index (κ2) is 9.16. The van der Waals surface area contributed by atoms with E-state index in [-0.39, 0.29) is 37.6 Å². The number of ether oxygens (including phenoxy) is 1. The van der Waals surface area contributed by atoms with E-state index in [2.05, 4.69) is 5.32 Å². The third kappa shape index (κ3) is 5.30. The van der Waals surface area contributed by atoms with Crippen molar-refractivity contribution in [2.75, 3.05) is 19.7 Å². The Kier molecular flexibility index (Phi) is 6.88. The molecule has 0 unspecified atom stereocenters. The average molecular weight is 415 g/mol. The number of piperidine rings is 1. The lowest BCUT2D eigenvalue weighted by Gasteiger charge is -2.29. The van der Waals surface area contributed by atoms with Gasteiger partial charge >= 0.3 is 5.97 Å². The molecule has 150 valence electrons. The van der Waals surface area contributed by atoms with E-state index in [0.29, 0.717) is 17.1 Å². The molecular weight excluding hydrogens is 388 g/mol. The van der Waals surface area contributed by atoms with Crippen LogP contribution in [0.25, 0.3) is 0 Å².